The van der Waals surface area contributed by atoms with Crippen molar-refractivity contribution in [2.75, 3.05) is 0 Å². The molecular weight excluding hydrogens is 288 g/mol. The van der Waals surface area contributed by atoms with Crippen LogP contribution in [0.5, 0.6) is 0 Å². The number of hydrogen-bond donors (Lipinski definition) is 1. The van der Waals surface area contributed by atoms with E-state index in [9.17, 15) is 9.90 Å². The first-order chi connectivity index (χ1) is 11.1. The lowest BCUT2D eigenvalue weighted by Crippen LogP contribution is -2.39. The third-order valence-corrected chi connectivity index (χ3v) is 4.98. The zero-order valence-corrected chi connectivity index (χ0v) is 13.6. The Bertz CT molecular complexity index is 679. The molecule has 1 aliphatic rings. The number of esters is 1. The fraction of sp³-hybridized carbons (Fsp3) is 0.450. The van der Waals surface area contributed by atoms with Crippen LogP contribution in [0.15, 0.2) is 42.5 Å². The third-order valence-electron chi connectivity index (χ3n) is 4.98. The molecule has 1 saturated carbocycles. The molecule has 2 aromatic carbocycles. The molecule has 0 heterocycles. The minimum absolute atomic E-state index is 0.195. The van der Waals surface area contributed by atoms with Crippen LogP contribution in [0.2, 0.25) is 0 Å². The van der Waals surface area contributed by atoms with Crippen LogP contribution < -0.4 is 0 Å². The highest BCUT2D eigenvalue weighted by Crippen LogP contribution is 2.34. The van der Waals surface area contributed by atoms with Crippen LogP contribution in [0.4, 0.5) is 0 Å². The van der Waals surface area contributed by atoms with E-state index < -0.39 is 5.79 Å². The number of fused-ring (bicyclic) bond motifs is 1. The molecule has 0 unspecified atom stereocenters. The molecule has 0 amide bonds. The summed E-state index contributed by atoms with van der Waals surface area (Å²) < 4.78 is 5.44. The van der Waals surface area contributed by atoms with Gasteiger partial charge in [-0.25, -0.2) is 0 Å². The quantitative estimate of drug-likeness (QED) is 0.679. The molecule has 122 valence electrons. The van der Waals surface area contributed by atoms with E-state index >= 15 is 0 Å². The zero-order chi connectivity index (χ0) is 16.3. The van der Waals surface area contributed by atoms with Gasteiger partial charge in [-0.1, -0.05) is 55.8 Å². The lowest BCUT2D eigenvalue weighted by molar-refractivity contribution is -0.222. The number of aliphatic hydroxyl groups is 1. The van der Waals surface area contributed by atoms with Gasteiger partial charge >= 0.3 is 5.97 Å². The summed E-state index contributed by atoms with van der Waals surface area (Å²) in [6, 6.07) is 13.9. The molecular formula is C20H24O3. The van der Waals surface area contributed by atoms with Crippen LogP contribution in [0.1, 0.15) is 44.6 Å². The number of carbonyl (C=O) groups is 1. The summed E-state index contributed by atoms with van der Waals surface area (Å²) in [4.78, 5) is 12.3. The number of ether oxygens (including phenoxy) is 1. The molecule has 0 spiro atoms. The molecule has 0 radical (unpaired) electrons. The Kier molecular flexibility index (Phi) is 4.67. The normalized spacial score (nSPS) is 24.5. The maximum Gasteiger partial charge on any atom is 0.312 e. The largest absolute Gasteiger partial charge is 0.433 e. The summed E-state index contributed by atoms with van der Waals surface area (Å²) in [5.41, 5.74) is 0.943. The zero-order valence-electron chi connectivity index (χ0n) is 13.6. The van der Waals surface area contributed by atoms with Crippen molar-refractivity contribution in [3.8, 4) is 0 Å². The van der Waals surface area contributed by atoms with Gasteiger partial charge in [0.15, 0.2) is 0 Å². The second kappa shape index (κ2) is 6.71. The topological polar surface area (TPSA) is 46.5 Å². The summed E-state index contributed by atoms with van der Waals surface area (Å²) in [6.45, 7) is 2.17. The lowest BCUT2D eigenvalue weighted by atomic mass is 9.84. The maximum absolute atomic E-state index is 12.3. The van der Waals surface area contributed by atoms with Gasteiger partial charge in [0.05, 0.1) is 6.42 Å². The Morgan fingerprint density at radius 3 is 2.61 bits per heavy atom. The van der Waals surface area contributed by atoms with Gasteiger partial charge in [0.2, 0.25) is 5.79 Å². The molecule has 0 aliphatic heterocycles. The van der Waals surface area contributed by atoms with Crippen molar-refractivity contribution in [2.45, 2.75) is 51.2 Å². The van der Waals surface area contributed by atoms with Crippen LogP contribution in [-0.4, -0.2) is 16.9 Å². The SMILES string of the molecule is CCC1CCC(O)(OC(=O)Cc2cccc3ccccc23)CC1. The predicted molar refractivity (Wildman–Crippen MR) is 90.9 cm³/mol. The van der Waals surface area contributed by atoms with E-state index in [2.05, 4.69) is 6.92 Å². The fourth-order valence-corrected chi connectivity index (χ4v) is 3.49. The Labute approximate surface area is 137 Å². The molecule has 3 heteroatoms. The summed E-state index contributed by atoms with van der Waals surface area (Å²) in [5.74, 6) is -0.973. The van der Waals surface area contributed by atoms with Gasteiger partial charge in [0.1, 0.15) is 0 Å². The van der Waals surface area contributed by atoms with Gasteiger partial charge < -0.3 is 9.84 Å². The van der Waals surface area contributed by atoms with Gasteiger partial charge in [-0.05, 0) is 35.1 Å². The lowest BCUT2D eigenvalue weighted by Gasteiger charge is -2.35. The van der Waals surface area contributed by atoms with Gasteiger partial charge in [-0.3, -0.25) is 4.79 Å². The molecule has 0 saturated heterocycles. The smallest absolute Gasteiger partial charge is 0.312 e. The predicted octanol–water partition coefficient (Wildman–Crippen LogP) is 4.21. The Balaban J connectivity index is 1.67. The van der Waals surface area contributed by atoms with Crippen molar-refractivity contribution in [1.82, 2.24) is 0 Å². The first kappa shape index (κ1) is 16.0. The summed E-state index contributed by atoms with van der Waals surface area (Å²) in [5, 5.41) is 12.7. The van der Waals surface area contributed by atoms with Crippen molar-refractivity contribution in [3.05, 3.63) is 48.0 Å². The number of rotatable bonds is 4. The van der Waals surface area contributed by atoms with E-state index in [1.54, 1.807) is 0 Å². The molecule has 1 fully saturated rings. The summed E-state index contributed by atoms with van der Waals surface area (Å²) >= 11 is 0. The van der Waals surface area contributed by atoms with Gasteiger partial charge in [-0.2, -0.15) is 0 Å². The average Bonchev–Trinajstić information content (AvgIpc) is 2.55. The van der Waals surface area contributed by atoms with Gasteiger partial charge in [0, 0.05) is 12.8 Å². The van der Waals surface area contributed by atoms with Crippen molar-refractivity contribution in [3.63, 3.8) is 0 Å². The highest BCUT2D eigenvalue weighted by Gasteiger charge is 2.36. The second-order valence-electron chi connectivity index (χ2n) is 6.59. The summed E-state index contributed by atoms with van der Waals surface area (Å²) in [7, 11) is 0. The molecule has 1 N–H and O–H groups in total. The Morgan fingerprint density at radius 2 is 1.87 bits per heavy atom. The number of benzene rings is 2. The van der Waals surface area contributed by atoms with E-state index in [0.717, 1.165) is 35.6 Å². The van der Waals surface area contributed by atoms with Gasteiger partial charge in [-0.15, -0.1) is 0 Å². The Morgan fingerprint density at radius 1 is 1.17 bits per heavy atom. The number of carbonyl (C=O) groups excluding carboxylic acids is 1. The minimum Gasteiger partial charge on any atom is -0.433 e. The van der Waals surface area contributed by atoms with E-state index in [1.807, 2.05) is 42.5 Å². The Hall–Kier alpha value is -1.87. The van der Waals surface area contributed by atoms with Crippen LogP contribution >= 0.6 is 0 Å². The highest BCUT2D eigenvalue weighted by atomic mass is 16.7. The van der Waals surface area contributed by atoms with Crippen LogP contribution in [0.3, 0.4) is 0 Å². The van der Waals surface area contributed by atoms with Crippen LogP contribution in [0, 0.1) is 5.92 Å². The molecule has 3 nitrogen and oxygen atoms in total. The first-order valence-corrected chi connectivity index (χ1v) is 8.50. The molecule has 0 bridgehead atoms. The van der Waals surface area contributed by atoms with Crippen molar-refractivity contribution < 1.29 is 14.6 Å². The maximum atomic E-state index is 12.3. The molecule has 23 heavy (non-hydrogen) atoms. The summed E-state index contributed by atoms with van der Waals surface area (Å²) in [6.07, 6.45) is 4.27. The average molecular weight is 312 g/mol. The molecule has 2 aromatic rings. The standard InChI is InChI=1S/C20H24O3/c1-2-15-10-12-20(22,13-11-15)23-19(21)14-17-8-5-7-16-6-3-4-9-18(16)17/h3-9,15,22H,2,10-14H2,1H3. The molecule has 0 aromatic heterocycles. The molecule has 3 rings (SSSR count). The first-order valence-electron chi connectivity index (χ1n) is 8.50. The van der Waals surface area contributed by atoms with Gasteiger partial charge in [0.25, 0.3) is 0 Å². The fourth-order valence-electron chi connectivity index (χ4n) is 3.49. The van der Waals surface area contributed by atoms with E-state index in [1.165, 1.54) is 0 Å². The van der Waals surface area contributed by atoms with E-state index in [-0.39, 0.29) is 12.4 Å². The second-order valence-corrected chi connectivity index (χ2v) is 6.59. The van der Waals surface area contributed by atoms with Crippen molar-refractivity contribution in [1.29, 1.82) is 0 Å². The van der Waals surface area contributed by atoms with E-state index in [4.69, 9.17) is 4.74 Å². The van der Waals surface area contributed by atoms with Crippen molar-refractivity contribution in [2.24, 2.45) is 5.92 Å². The van der Waals surface area contributed by atoms with Crippen LogP contribution in [0.25, 0.3) is 10.8 Å². The molecule has 0 atom stereocenters. The monoisotopic (exact) mass is 312 g/mol. The van der Waals surface area contributed by atoms with Crippen molar-refractivity contribution >= 4 is 16.7 Å². The van der Waals surface area contributed by atoms with E-state index in [0.29, 0.717) is 18.8 Å². The third kappa shape index (κ3) is 3.73. The molecule has 1 aliphatic carbocycles. The minimum atomic E-state index is -1.27. The number of hydrogen-bond acceptors (Lipinski definition) is 3. The van der Waals surface area contributed by atoms with Crippen LogP contribution in [-0.2, 0) is 16.0 Å². The highest BCUT2D eigenvalue weighted by molar-refractivity contribution is 5.89.